The number of para-hydroxylation sites is 1. The van der Waals surface area contributed by atoms with Crippen molar-refractivity contribution >= 4 is 23.2 Å². The number of rotatable bonds is 6. The van der Waals surface area contributed by atoms with Crippen LogP contribution in [0.1, 0.15) is 33.6 Å². The van der Waals surface area contributed by atoms with Crippen LogP contribution in [0.3, 0.4) is 0 Å². The minimum atomic E-state index is -0.492. The van der Waals surface area contributed by atoms with Crippen LogP contribution in [-0.2, 0) is 16.1 Å². The van der Waals surface area contributed by atoms with Crippen LogP contribution in [0.25, 0.3) is 10.4 Å². The lowest BCUT2D eigenvalue weighted by Gasteiger charge is -2.16. The molecule has 148 valence electrons. The summed E-state index contributed by atoms with van der Waals surface area (Å²) < 4.78 is 10.9. The highest BCUT2D eigenvalue weighted by atomic mass is 32.1. The summed E-state index contributed by atoms with van der Waals surface area (Å²) in [5, 5.41) is 2.82. The molecule has 0 saturated carbocycles. The molecule has 0 bridgehead atoms. The van der Waals surface area contributed by atoms with Crippen LogP contribution in [0.2, 0.25) is 0 Å². The SMILES string of the molecule is C[C@H](CNC(=O)COC(=O)c1cc2c(s1)-c1ccccc1OC2)c1ccccc1. The third-order valence-electron chi connectivity index (χ3n) is 4.83. The summed E-state index contributed by atoms with van der Waals surface area (Å²) in [6.07, 6.45) is 0. The number of benzene rings is 2. The average Bonchev–Trinajstić information content (AvgIpc) is 3.21. The molecule has 3 aromatic rings. The lowest BCUT2D eigenvalue weighted by molar-refractivity contribution is -0.124. The fourth-order valence-electron chi connectivity index (χ4n) is 3.22. The van der Waals surface area contributed by atoms with E-state index in [1.165, 1.54) is 11.3 Å². The maximum atomic E-state index is 12.4. The molecule has 1 atom stereocenters. The summed E-state index contributed by atoms with van der Waals surface area (Å²) in [7, 11) is 0. The summed E-state index contributed by atoms with van der Waals surface area (Å²) in [5.74, 6) is 0.192. The quantitative estimate of drug-likeness (QED) is 0.616. The van der Waals surface area contributed by atoms with E-state index in [0.29, 0.717) is 18.0 Å². The fourth-order valence-corrected chi connectivity index (χ4v) is 4.31. The van der Waals surface area contributed by atoms with Gasteiger partial charge in [-0.3, -0.25) is 4.79 Å². The summed E-state index contributed by atoms with van der Waals surface area (Å²) in [5.41, 5.74) is 3.09. The van der Waals surface area contributed by atoms with Crippen molar-refractivity contribution in [1.82, 2.24) is 5.32 Å². The number of nitrogens with one attached hydrogen (secondary N) is 1. The molecule has 0 radical (unpaired) electrons. The number of esters is 1. The first kappa shape index (κ1) is 19.2. The van der Waals surface area contributed by atoms with E-state index in [4.69, 9.17) is 9.47 Å². The Morgan fingerprint density at radius 1 is 1.14 bits per heavy atom. The van der Waals surface area contributed by atoms with Gasteiger partial charge in [-0.2, -0.15) is 0 Å². The number of amides is 1. The topological polar surface area (TPSA) is 64.6 Å². The van der Waals surface area contributed by atoms with Crippen molar-refractivity contribution in [2.24, 2.45) is 0 Å². The second-order valence-corrected chi connectivity index (χ2v) is 7.99. The first-order chi connectivity index (χ1) is 14.1. The summed E-state index contributed by atoms with van der Waals surface area (Å²) in [6, 6.07) is 19.5. The number of fused-ring (bicyclic) bond motifs is 3. The van der Waals surface area contributed by atoms with E-state index in [-0.39, 0.29) is 18.4 Å². The Kier molecular flexibility index (Phi) is 5.62. The van der Waals surface area contributed by atoms with Gasteiger partial charge in [0.05, 0.1) is 0 Å². The van der Waals surface area contributed by atoms with E-state index < -0.39 is 5.97 Å². The number of thiophene rings is 1. The van der Waals surface area contributed by atoms with Gasteiger partial charge in [0.15, 0.2) is 6.61 Å². The van der Waals surface area contributed by atoms with Crippen LogP contribution in [0.5, 0.6) is 5.75 Å². The monoisotopic (exact) mass is 407 g/mol. The van der Waals surface area contributed by atoms with Gasteiger partial charge >= 0.3 is 5.97 Å². The first-order valence-electron chi connectivity index (χ1n) is 9.45. The second-order valence-electron chi connectivity index (χ2n) is 6.94. The number of hydrogen-bond donors (Lipinski definition) is 1. The van der Waals surface area contributed by atoms with Gasteiger partial charge < -0.3 is 14.8 Å². The maximum Gasteiger partial charge on any atom is 0.348 e. The van der Waals surface area contributed by atoms with Crippen LogP contribution in [0.15, 0.2) is 60.7 Å². The Labute approximate surface area is 173 Å². The number of carbonyl (C=O) groups is 2. The van der Waals surface area contributed by atoms with E-state index >= 15 is 0 Å². The van der Waals surface area contributed by atoms with Gasteiger partial charge in [-0.25, -0.2) is 4.79 Å². The predicted octanol–water partition coefficient (Wildman–Crippen LogP) is 4.38. The van der Waals surface area contributed by atoms with Crippen LogP contribution in [-0.4, -0.2) is 25.0 Å². The van der Waals surface area contributed by atoms with Crippen molar-refractivity contribution in [1.29, 1.82) is 0 Å². The van der Waals surface area contributed by atoms with E-state index in [2.05, 4.69) is 5.32 Å². The molecule has 2 aromatic carbocycles. The zero-order valence-corrected chi connectivity index (χ0v) is 16.8. The van der Waals surface area contributed by atoms with Crippen molar-refractivity contribution in [2.45, 2.75) is 19.4 Å². The molecule has 1 amide bonds. The minimum absolute atomic E-state index is 0.181. The van der Waals surface area contributed by atoms with Crippen molar-refractivity contribution in [3.8, 4) is 16.2 Å². The summed E-state index contributed by atoms with van der Waals surface area (Å²) in [6.45, 7) is 2.66. The minimum Gasteiger partial charge on any atom is -0.488 e. The molecule has 1 aliphatic rings. The molecular weight excluding hydrogens is 386 g/mol. The lowest BCUT2D eigenvalue weighted by Crippen LogP contribution is -2.31. The van der Waals surface area contributed by atoms with E-state index in [1.54, 1.807) is 6.07 Å². The molecule has 0 saturated heterocycles. The van der Waals surface area contributed by atoms with Crippen LogP contribution in [0, 0.1) is 0 Å². The number of ether oxygens (including phenoxy) is 2. The van der Waals surface area contributed by atoms with Crippen molar-refractivity contribution in [3.05, 3.63) is 76.7 Å². The van der Waals surface area contributed by atoms with Crippen molar-refractivity contribution in [2.75, 3.05) is 13.2 Å². The maximum absolute atomic E-state index is 12.4. The highest BCUT2D eigenvalue weighted by molar-refractivity contribution is 7.17. The van der Waals surface area contributed by atoms with Gasteiger partial charge in [-0.05, 0) is 29.7 Å². The van der Waals surface area contributed by atoms with Crippen LogP contribution < -0.4 is 10.1 Å². The van der Waals surface area contributed by atoms with E-state index in [1.807, 2.05) is 61.5 Å². The Morgan fingerprint density at radius 2 is 1.90 bits per heavy atom. The normalized spacial score (nSPS) is 12.9. The third-order valence-corrected chi connectivity index (χ3v) is 6.02. The van der Waals surface area contributed by atoms with Gasteiger partial charge in [0.2, 0.25) is 0 Å². The molecule has 1 N–H and O–H groups in total. The molecule has 0 fully saturated rings. The molecule has 4 rings (SSSR count). The largest absolute Gasteiger partial charge is 0.488 e. The molecule has 0 aliphatic carbocycles. The average molecular weight is 407 g/mol. The highest BCUT2D eigenvalue weighted by Gasteiger charge is 2.23. The van der Waals surface area contributed by atoms with Gasteiger partial charge in [0, 0.05) is 22.5 Å². The summed E-state index contributed by atoms with van der Waals surface area (Å²) >= 11 is 1.37. The molecule has 6 heteroatoms. The molecule has 2 heterocycles. The standard InChI is InChI=1S/C23H21NO4S/c1-15(16-7-3-2-4-8-16)12-24-21(25)14-28-23(26)20-11-17-13-27-19-10-6-5-9-18(19)22(17)29-20/h2-11,15H,12-14H2,1H3,(H,24,25)/t15-/m1/s1. The number of hydrogen-bond acceptors (Lipinski definition) is 5. The number of carbonyl (C=O) groups excluding carboxylic acids is 2. The Hall–Kier alpha value is -3.12. The predicted molar refractivity (Wildman–Crippen MR) is 112 cm³/mol. The fraction of sp³-hybridized carbons (Fsp3) is 0.217. The van der Waals surface area contributed by atoms with Gasteiger partial charge in [0.1, 0.15) is 17.2 Å². The Bertz CT molecular complexity index is 1030. The smallest absolute Gasteiger partial charge is 0.348 e. The van der Waals surface area contributed by atoms with Crippen molar-refractivity contribution in [3.63, 3.8) is 0 Å². The second kappa shape index (κ2) is 8.49. The Morgan fingerprint density at radius 3 is 2.72 bits per heavy atom. The van der Waals surface area contributed by atoms with Crippen molar-refractivity contribution < 1.29 is 19.1 Å². The molecule has 5 nitrogen and oxygen atoms in total. The van der Waals surface area contributed by atoms with Gasteiger partial charge in [-0.15, -0.1) is 11.3 Å². The molecular formula is C23H21NO4S. The highest BCUT2D eigenvalue weighted by Crippen LogP contribution is 2.42. The molecule has 0 spiro atoms. The molecule has 1 aromatic heterocycles. The lowest BCUT2D eigenvalue weighted by atomic mass is 10.0. The Balaban J connectivity index is 1.32. The molecule has 0 unspecified atom stereocenters. The van der Waals surface area contributed by atoms with Gasteiger partial charge in [0.25, 0.3) is 5.91 Å². The zero-order valence-electron chi connectivity index (χ0n) is 16.0. The van der Waals surface area contributed by atoms with Crippen LogP contribution >= 0.6 is 11.3 Å². The van der Waals surface area contributed by atoms with Crippen LogP contribution in [0.4, 0.5) is 0 Å². The van der Waals surface area contributed by atoms with E-state index in [0.717, 1.165) is 27.3 Å². The van der Waals surface area contributed by atoms with Gasteiger partial charge in [-0.1, -0.05) is 49.4 Å². The molecule has 1 aliphatic heterocycles. The molecule has 29 heavy (non-hydrogen) atoms. The first-order valence-corrected chi connectivity index (χ1v) is 10.3. The zero-order chi connectivity index (χ0) is 20.2. The summed E-state index contributed by atoms with van der Waals surface area (Å²) in [4.78, 5) is 26.0. The van der Waals surface area contributed by atoms with E-state index in [9.17, 15) is 9.59 Å². The third kappa shape index (κ3) is 4.32.